The number of hydrogen-bond acceptors (Lipinski definition) is 8. The maximum atomic E-state index is 13.7. The second-order valence-electron chi connectivity index (χ2n) is 8.27. The van der Waals surface area contributed by atoms with Crippen LogP contribution in [0.5, 0.6) is 5.75 Å². The van der Waals surface area contributed by atoms with Gasteiger partial charge in [0, 0.05) is 5.56 Å². The van der Waals surface area contributed by atoms with Gasteiger partial charge in [0.1, 0.15) is 22.2 Å². The number of benzene rings is 2. The van der Waals surface area contributed by atoms with Crippen LogP contribution in [0.25, 0.3) is 5.76 Å². The number of aliphatic hydroxyl groups excluding tert-OH is 1. The lowest BCUT2D eigenvalue weighted by Gasteiger charge is -2.23. The van der Waals surface area contributed by atoms with Gasteiger partial charge in [-0.05, 0) is 69.2 Å². The molecule has 2 heterocycles. The number of carbonyl (C=O) groups excluding carboxylic acids is 3. The van der Waals surface area contributed by atoms with Crippen LogP contribution >= 0.6 is 11.3 Å². The second kappa shape index (κ2) is 10.5. The fourth-order valence-electron chi connectivity index (χ4n) is 4.13. The van der Waals surface area contributed by atoms with E-state index in [0.29, 0.717) is 29.2 Å². The highest BCUT2D eigenvalue weighted by Gasteiger charge is 2.48. The van der Waals surface area contributed by atoms with Crippen LogP contribution in [-0.2, 0) is 14.3 Å². The first-order valence-corrected chi connectivity index (χ1v) is 12.4. The molecule has 1 atom stereocenters. The first kappa shape index (κ1) is 26.0. The van der Waals surface area contributed by atoms with Gasteiger partial charge < -0.3 is 14.6 Å². The molecule has 1 aliphatic rings. The second-order valence-corrected chi connectivity index (χ2v) is 9.24. The molecule has 4 rings (SSSR count). The van der Waals surface area contributed by atoms with E-state index in [1.807, 2.05) is 6.92 Å². The number of nitrogens with zero attached hydrogens (tertiary/aromatic N) is 2. The van der Waals surface area contributed by atoms with Gasteiger partial charge in [0.25, 0.3) is 5.78 Å². The molecule has 1 N–H and O–H groups in total. The van der Waals surface area contributed by atoms with Gasteiger partial charge in [-0.2, -0.15) is 0 Å². The van der Waals surface area contributed by atoms with E-state index in [1.165, 1.54) is 24.3 Å². The number of Topliss-reactive ketones (excluding diaryl/α,β-unsaturated/α-hetero) is 1. The van der Waals surface area contributed by atoms with Crippen LogP contribution in [0.15, 0.2) is 48.0 Å². The van der Waals surface area contributed by atoms with Crippen LogP contribution in [0.1, 0.15) is 51.9 Å². The summed E-state index contributed by atoms with van der Waals surface area (Å²) >= 11 is 0.904. The molecule has 0 bridgehead atoms. The summed E-state index contributed by atoms with van der Waals surface area (Å²) in [4.78, 5) is 44.7. The number of aromatic nitrogens is 1. The Morgan fingerprint density at radius 2 is 1.81 bits per heavy atom. The molecule has 0 unspecified atom stereocenters. The van der Waals surface area contributed by atoms with E-state index in [2.05, 4.69) is 4.98 Å². The Hall–Kier alpha value is -4.05. The largest absolute Gasteiger partial charge is 0.507 e. The predicted octanol–water partition coefficient (Wildman–Crippen LogP) is 5.10. The van der Waals surface area contributed by atoms with Crippen molar-refractivity contribution in [3.05, 3.63) is 81.1 Å². The van der Waals surface area contributed by atoms with Crippen molar-refractivity contribution in [2.75, 3.05) is 18.1 Å². The minimum absolute atomic E-state index is 0.0823. The number of carbonyl (C=O) groups is 3. The number of hydrogen-bond donors (Lipinski definition) is 1. The molecule has 3 aromatic rings. The highest BCUT2D eigenvalue weighted by molar-refractivity contribution is 7.17. The predicted molar refractivity (Wildman–Crippen MR) is 136 cm³/mol. The van der Waals surface area contributed by atoms with Crippen LogP contribution < -0.4 is 9.64 Å². The topological polar surface area (TPSA) is 106 Å². The molecule has 1 aliphatic heterocycles. The van der Waals surface area contributed by atoms with Crippen LogP contribution in [0.2, 0.25) is 0 Å². The smallest absolute Gasteiger partial charge is 0.350 e. The minimum Gasteiger partial charge on any atom is -0.507 e. The van der Waals surface area contributed by atoms with Crippen molar-refractivity contribution in [3.8, 4) is 5.75 Å². The lowest BCUT2D eigenvalue weighted by Crippen LogP contribution is -2.29. The third kappa shape index (κ3) is 4.84. The Morgan fingerprint density at radius 3 is 2.43 bits per heavy atom. The van der Waals surface area contributed by atoms with Crippen molar-refractivity contribution in [1.82, 2.24) is 4.98 Å². The van der Waals surface area contributed by atoms with Crippen LogP contribution in [-0.4, -0.2) is 41.0 Å². The maximum Gasteiger partial charge on any atom is 0.350 e. The molecule has 10 heteroatoms. The third-order valence-corrected chi connectivity index (χ3v) is 6.97. The summed E-state index contributed by atoms with van der Waals surface area (Å²) in [6, 6.07) is 9.09. The van der Waals surface area contributed by atoms with Gasteiger partial charge in [0.05, 0.1) is 30.5 Å². The van der Waals surface area contributed by atoms with Crippen molar-refractivity contribution in [3.63, 3.8) is 0 Å². The lowest BCUT2D eigenvalue weighted by molar-refractivity contribution is -0.132. The number of ether oxygens (including phenoxy) is 2. The summed E-state index contributed by atoms with van der Waals surface area (Å²) in [5.41, 5.74) is 1.59. The highest BCUT2D eigenvalue weighted by Crippen LogP contribution is 2.44. The molecule has 0 radical (unpaired) electrons. The number of anilines is 1. The van der Waals surface area contributed by atoms with Crippen molar-refractivity contribution >= 4 is 39.9 Å². The van der Waals surface area contributed by atoms with Gasteiger partial charge in [-0.1, -0.05) is 23.5 Å². The van der Waals surface area contributed by atoms with E-state index in [4.69, 9.17) is 9.47 Å². The molecule has 8 nitrogen and oxygen atoms in total. The minimum atomic E-state index is -1.10. The summed E-state index contributed by atoms with van der Waals surface area (Å²) < 4.78 is 24.4. The normalized spacial score (nSPS) is 16.8. The molecule has 1 saturated heterocycles. The summed E-state index contributed by atoms with van der Waals surface area (Å²) in [6.45, 7) is 7.54. The van der Waals surface area contributed by atoms with Crippen molar-refractivity contribution in [2.45, 2.75) is 33.7 Å². The maximum absolute atomic E-state index is 13.7. The fraction of sp³-hybridized carbons (Fsp3) is 0.259. The van der Waals surface area contributed by atoms with Crippen LogP contribution in [0.3, 0.4) is 0 Å². The Kier molecular flexibility index (Phi) is 7.40. The third-order valence-electron chi connectivity index (χ3n) is 5.83. The van der Waals surface area contributed by atoms with Crippen LogP contribution in [0.4, 0.5) is 9.52 Å². The highest BCUT2D eigenvalue weighted by atomic mass is 32.1. The SMILES string of the molecule is CCOC(=O)c1sc(N2C(=O)C(=O)C(=C(O)c3ccc(OCC)c(C)c3)[C@H]2c2ccc(F)cc2)nc1C. The van der Waals surface area contributed by atoms with Gasteiger partial charge in [-0.25, -0.2) is 14.2 Å². The van der Waals surface area contributed by atoms with Gasteiger partial charge in [0.2, 0.25) is 0 Å². The molecule has 0 saturated carbocycles. The molecular formula is C27H25FN2O6S. The van der Waals surface area contributed by atoms with Crippen molar-refractivity contribution in [2.24, 2.45) is 0 Å². The molecule has 37 heavy (non-hydrogen) atoms. The molecule has 1 amide bonds. The quantitative estimate of drug-likeness (QED) is 0.198. The first-order chi connectivity index (χ1) is 17.7. The zero-order chi connectivity index (χ0) is 26.9. The zero-order valence-electron chi connectivity index (χ0n) is 20.7. The number of ketones is 1. The van der Waals surface area contributed by atoms with E-state index in [-0.39, 0.29) is 27.9 Å². The molecule has 1 aromatic heterocycles. The Bertz CT molecular complexity index is 1410. The molecule has 0 aliphatic carbocycles. The summed E-state index contributed by atoms with van der Waals surface area (Å²) in [6.07, 6.45) is 0. The van der Waals surface area contributed by atoms with Gasteiger partial charge in [-0.3, -0.25) is 14.5 Å². The average molecular weight is 525 g/mol. The van der Waals surface area contributed by atoms with Gasteiger partial charge >= 0.3 is 11.9 Å². The monoisotopic (exact) mass is 524 g/mol. The Balaban J connectivity index is 1.89. The number of rotatable bonds is 7. The standard InChI is InChI=1S/C27H25FN2O6S/c1-5-35-19-12-9-17(13-14(19)3)22(31)20-21(16-7-10-18(28)11-8-16)30(25(33)23(20)32)27-29-15(4)24(37-27)26(34)36-6-2/h7-13,21,31H,5-6H2,1-4H3/t21-/m1/s1. The number of esters is 1. The van der Waals surface area contributed by atoms with E-state index < -0.39 is 29.5 Å². The number of aryl methyl sites for hydroxylation is 2. The number of halogens is 1. The zero-order valence-corrected chi connectivity index (χ0v) is 21.5. The van der Waals surface area contributed by atoms with E-state index >= 15 is 0 Å². The summed E-state index contributed by atoms with van der Waals surface area (Å²) in [5.74, 6) is -2.72. The summed E-state index contributed by atoms with van der Waals surface area (Å²) in [7, 11) is 0. The van der Waals surface area contributed by atoms with Crippen molar-refractivity contribution < 1.29 is 33.4 Å². The molecule has 192 valence electrons. The molecular weight excluding hydrogens is 499 g/mol. The molecule has 2 aromatic carbocycles. The van der Waals surface area contributed by atoms with E-state index in [1.54, 1.807) is 39.0 Å². The summed E-state index contributed by atoms with van der Waals surface area (Å²) in [5, 5.41) is 11.4. The number of aliphatic hydroxyl groups is 1. The molecule has 1 fully saturated rings. The van der Waals surface area contributed by atoms with Crippen LogP contribution in [0, 0.1) is 19.7 Å². The number of amides is 1. The first-order valence-electron chi connectivity index (χ1n) is 11.6. The fourth-order valence-corrected chi connectivity index (χ4v) is 5.12. The molecule has 0 spiro atoms. The van der Waals surface area contributed by atoms with Gasteiger partial charge in [0.15, 0.2) is 5.13 Å². The van der Waals surface area contributed by atoms with Gasteiger partial charge in [-0.15, -0.1) is 0 Å². The Morgan fingerprint density at radius 1 is 1.11 bits per heavy atom. The van der Waals surface area contributed by atoms with Crippen molar-refractivity contribution in [1.29, 1.82) is 0 Å². The lowest BCUT2D eigenvalue weighted by atomic mass is 9.95. The van der Waals surface area contributed by atoms with E-state index in [9.17, 15) is 23.9 Å². The number of thiazole rings is 1. The Labute approximate surface area is 217 Å². The van der Waals surface area contributed by atoms with E-state index in [0.717, 1.165) is 21.8 Å². The average Bonchev–Trinajstić information content (AvgIpc) is 3.37.